The molecule has 0 N–H and O–H groups in total. The highest BCUT2D eigenvalue weighted by atomic mass is 32.1. The molecule has 2 aromatic rings. The summed E-state index contributed by atoms with van der Waals surface area (Å²) in [5.74, 6) is 0.192. The molecule has 2 aliphatic rings. The number of amides is 1. The fraction of sp³-hybridized carbons (Fsp3) is 0.409. The van der Waals surface area contributed by atoms with E-state index in [2.05, 4.69) is 40.0 Å². The van der Waals surface area contributed by atoms with Crippen LogP contribution in [0.25, 0.3) is 10.2 Å². The monoisotopic (exact) mass is 394 g/mol. The fourth-order valence-electron chi connectivity index (χ4n) is 4.12. The number of carbonyl (C=O) groups is 1. The molecular weight excluding hydrogens is 368 g/mol. The largest absolute Gasteiger partial charge is 0.329 e. The van der Waals surface area contributed by atoms with Gasteiger partial charge in [0.1, 0.15) is 0 Å². The van der Waals surface area contributed by atoms with E-state index in [1.165, 1.54) is 15.8 Å². The predicted octanol–water partition coefficient (Wildman–Crippen LogP) is 4.20. The molecule has 1 atom stereocenters. The van der Waals surface area contributed by atoms with Crippen LogP contribution in [0.2, 0.25) is 0 Å². The molecule has 6 heteroatoms. The molecule has 0 spiro atoms. The molecule has 2 aliphatic heterocycles. The van der Waals surface area contributed by atoms with Gasteiger partial charge in [-0.15, -0.1) is 11.3 Å². The summed E-state index contributed by atoms with van der Waals surface area (Å²) in [5.41, 5.74) is 7.50. The molecule has 0 fully saturated rings. The molecule has 0 saturated heterocycles. The standard InChI is InChI=1S/C22H26N4OS/c1-4-18(23-5-2)13-26-12-17-11-25(9-8-19(17)22(26)27)15(3)16-6-7-21-20(10-16)24-14-28-21/h4-7,10,14-15H,8-9,11-13H2,1-3H3/b18-4-,23-5-. The summed E-state index contributed by atoms with van der Waals surface area (Å²) in [6.45, 7) is 9.21. The Labute approximate surface area is 170 Å². The zero-order valence-electron chi connectivity index (χ0n) is 16.7. The van der Waals surface area contributed by atoms with Crippen LogP contribution in [0.3, 0.4) is 0 Å². The average Bonchev–Trinajstić information content (AvgIpc) is 3.30. The molecule has 0 saturated carbocycles. The highest BCUT2D eigenvalue weighted by molar-refractivity contribution is 7.16. The van der Waals surface area contributed by atoms with Crippen molar-refractivity contribution < 1.29 is 4.79 Å². The fourth-order valence-corrected chi connectivity index (χ4v) is 4.78. The molecule has 28 heavy (non-hydrogen) atoms. The Morgan fingerprint density at radius 1 is 1.36 bits per heavy atom. The number of benzene rings is 1. The lowest BCUT2D eigenvalue weighted by Gasteiger charge is -2.33. The zero-order chi connectivity index (χ0) is 19.7. The molecule has 1 unspecified atom stereocenters. The molecular formula is C22H26N4OS. The first-order valence-electron chi connectivity index (χ1n) is 9.82. The topological polar surface area (TPSA) is 48.8 Å². The Kier molecular flexibility index (Phi) is 5.42. The summed E-state index contributed by atoms with van der Waals surface area (Å²) in [6.07, 6.45) is 4.59. The van der Waals surface area contributed by atoms with E-state index in [1.807, 2.05) is 30.3 Å². The number of hydrogen-bond donors (Lipinski definition) is 0. The molecule has 0 bridgehead atoms. The quantitative estimate of drug-likeness (QED) is 0.714. The summed E-state index contributed by atoms with van der Waals surface area (Å²) in [4.78, 5) is 26.1. The van der Waals surface area contributed by atoms with Gasteiger partial charge in [-0.05, 0) is 50.5 Å². The van der Waals surface area contributed by atoms with E-state index in [1.54, 1.807) is 17.6 Å². The lowest BCUT2D eigenvalue weighted by atomic mass is 9.98. The van der Waals surface area contributed by atoms with Gasteiger partial charge in [-0.3, -0.25) is 14.7 Å². The van der Waals surface area contributed by atoms with E-state index >= 15 is 0 Å². The van der Waals surface area contributed by atoms with Gasteiger partial charge in [-0.2, -0.15) is 0 Å². The summed E-state index contributed by atoms with van der Waals surface area (Å²) in [5, 5.41) is 0. The number of nitrogens with zero attached hydrogens (tertiary/aromatic N) is 4. The highest BCUT2D eigenvalue weighted by Crippen LogP contribution is 2.33. The molecule has 1 aromatic carbocycles. The third-order valence-electron chi connectivity index (χ3n) is 5.76. The zero-order valence-corrected chi connectivity index (χ0v) is 17.5. The van der Waals surface area contributed by atoms with Crippen LogP contribution in [0.4, 0.5) is 0 Å². The second kappa shape index (κ2) is 7.97. The van der Waals surface area contributed by atoms with Crippen LogP contribution in [-0.4, -0.2) is 53.1 Å². The van der Waals surface area contributed by atoms with E-state index in [-0.39, 0.29) is 5.91 Å². The van der Waals surface area contributed by atoms with Gasteiger partial charge in [0.05, 0.1) is 28.0 Å². The number of rotatable bonds is 5. The summed E-state index contributed by atoms with van der Waals surface area (Å²) >= 11 is 1.68. The predicted molar refractivity (Wildman–Crippen MR) is 116 cm³/mol. The molecule has 5 nitrogen and oxygen atoms in total. The third-order valence-corrected chi connectivity index (χ3v) is 6.57. The smallest absolute Gasteiger partial charge is 0.250 e. The van der Waals surface area contributed by atoms with Gasteiger partial charge >= 0.3 is 0 Å². The van der Waals surface area contributed by atoms with Crippen LogP contribution >= 0.6 is 11.3 Å². The SMILES string of the molecule is C/C=N\C(=C/C)CN1CC2=C(CCN(C(C)c3ccc4scnc4c3)C2)C1=O. The van der Waals surface area contributed by atoms with Gasteiger partial charge in [-0.1, -0.05) is 12.1 Å². The maximum Gasteiger partial charge on any atom is 0.250 e. The number of aromatic nitrogens is 1. The van der Waals surface area contributed by atoms with Crippen LogP contribution in [0, 0.1) is 0 Å². The molecule has 0 radical (unpaired) electrons. The van der Waals surface area contributed by atoms with Crippen LogP contribution in [0.15, 0.2) is 51.6 Å². The van der Waals surface area contributed by atoms with Crippen LogP contribution in [0.5, 0.6) is 0 Å². The first-order chi connectivity index (χ1) is 13.6. The average molecular weight is 395 g/mol. The van der Waals surface area contributed by atoms with Crippen LogP contribution in [-0.2, 0) is 4.79 Å². The number of allylic oxidation sites excluding steroid dienone is 1. The molecule has 0 aliphatic carbocycles. The van der Waals surface area contributed by atoms with Crippen molar-refractivity contribution in [3.63, 3.8) is 0 Å². The van der Waals surface area contributed by atoms with Gasteiger partial charge in [0.2, 0.25) is 0 Å². The van der Waals surface area contributed by atoms with Crippen molar-refractivity contribution in [3.05, 3.63) is 52.2 Å². The van der Waals surface area contributed by atoms with Gasteiger partial charge in [0, 0.05) is 37.5 Å². The second-order valence-electron chi connectivity index (χ2n) is 7.39. The Morgan fingerprint density at radius 3 is 3.00 bits per heavy atom. The van der Waals surface area contributed by atoms with Crippen LogP contribution in [0.1, 0.15) is 38.8 Å². The van der Waals surface area contributed by atoms with E-state index in [9.17, 15) is 4.79 Å². The van der Waals surface area contributed by atoms with Crippen molar-refractivity contribution in [3.8, 4) is 0 Å². The number of carbonyl (C=O) groups excluding carboxylic acids is 1. The van der Waals surface area contributed by atoms with Gasteiger partial charge in [0.25, 0.3) is 5.91 Å². The van der Waals surface area contributed by atoms with Gasteiger partial charge in [0.15, 0.2) is 0 Å². The Morgan fingerprint density at radius 2 is 2.21 bits per heavy atom. The molecule has 3 heterocycles. The van der Waals surface area contributed by atoms with Crippen molar-refractivity contribution in [2.24, 2.45) is 4.99 Å². The van der Waals surface area contributed by atoms with E-state index in [0.29, 0.717) is 12.6 Å². The minimum absolute atomic E-state index is 0.192. The van der Waals surface area contributed by atoms with E-state index < -0.39 is 0 Å². The summed E-state index contributed by atoms with van der Waals surface area (Å²) < 4.78 is 1.23. The number of aliphatic imine (C=N–C) groups is 1. The lowest BCUT2D eigenvalue weighted by Crippen LogP contribution is -2.34. The highest BCUT2D eigenvalue weighted by Gasteiger charge is 2.35. The number of fused-ring (bicyclic) bond motifs is 1. The summed E-state index contributed by atoms with van der Waals surface area (Å²) in [7, 11) is 0. The Bertz CT molecular complexity index is 987. The van der Waals surface area contributed by atoms with Crippen molar-refractivity contribution in [2.45, 2.75) is 33.2 Å². The minimum Gasteiger partial charge on any atom is -0.329 e. The third kappa shape index (κ3) is 3.54. The lowest BCUT2D eigenvalue weighted by molar-refractivity contribution is -0.125. The molecule has 146 valence electrons. The maximum atomic E-state index is 12.8. The minimum atomic E-state index is 0.192. The van der Waals surface area contributed by atoms with E-state index in [4.69, 9.17) is 0 Å². The first kappa shape index (κ1) is 19.0. The van der Waals surface area contributed by atoms with Crippen molar-refractivity contribution in [1.29, 1.82) is 0 Å². The molecule has 1 amide bonds. The van der Waals surface area contributed by atoms with E-state index in [0.717, 1.165) is 42.8 Å². The van der Waals surface area contributed by atoms with Crippen LogP contribution < -0.4 is 0 Å². The molecule has 4 rings (SSSR count). The first-order valence-corrected chi connectivity index (χ1v) is 10.7. The second-order valence-corrected chi connectivity index (χ2v) is 8.27. The summed E-state index contributed by atoms with van der Waals surface area (Å²) in [6, 6.07) is 6.89. The van der Waals surface area contributed by atoms with Gasteiger partial charge < -0.3 is 4.90 Å². The Hall–Kier alpha value is -2.31. The van der Waals surface area contributed by atoms with Crippen molar-refractivity contribution in [1.82, 2.24) is 14.8 Å². The normalized spacial score (nSPS) is 19.9. The molecule has 1 aromatic heterocycles. The Balaban J connectivity index is 1.47. The maximum absolute atomic E-state index is 12.8. The van der Waals surface area contributed by atoms with Gasteiger partial charge in [-0.25, -0.2) is 4.98 Å². The number of thiazole rings is 1. The number of hydrogen-bond acceptors (Lipinski definition) is 5. The van der Waals surface area contributed by atoms with Crippen molar-refractivity contribution in [2.75, 3.05) is 26.2 Å². The van der Waals surface area contributed by atoms with Crippen molar-refractivity contribution >= 4 is 33.7 Å².